The van der Waals surface area contributed by atoms with Gasteiger partial charge in [0.2, 0.25) is 0 Å². The molecule has 6 nitrogen and oxygen atoms in total. The van der Waals surface area contributed by atoms with Gasteiger partial charge in [-0.25, -0.2) is 0 Å². The molecule has 0 N–H and O–H groups in total. The second-order valence-corrected chi connectivity index (χ2v) is 17.4. The van der Waals surface area contributed by atoms with Crippen LogP contribution in [0, 0.1) is 0 Å². The van der Waals surface area contributed by atoms with Crippen LogP contribution < -0.4 is 0 Å². The average Bonchev–Trinajstić information content (AvgIpc) is 3.30. The van der Waals surface area contributed by atoms with Gasteiger partial charge in [0, 0.05) is 19.3 Å². The Bertz CT molecular complexity index is 1310. The summed E-state index contributed by atoms with van der Waals surface area (Å²) in [5, 5.41) is 0. The number of hydrogen-bond donors (Lipinski definition) is 0. The maximum absolute atomic E-state index is 12.8. The van der Waals surface area contributed by atoms with Gasteiger partial charge in [-0.3, -0.25) is 14.4 Å². The number of hydrogen-bond acceptors (Lipinski definition) is 6. The fraction of sp³-hybridized carbons (Fsp3) is 0.678. The smallest absolute Gasteiger partial charge is 0.306 e. The average molecular weight is 903 g/mol. The second kappa shape index (κ2) is 52.9. The van der Waals surface area contributed by atoms with Crippen molar-refractivity contribution in [2.45, 2.75) is 245 Å². The molecule has 370 valence electrons. The van der Waals surface area contributed by atoms with Crippen molar-refractivity contribution < 1.29 is 28.6 Å². The lowest BCUT2D eigenvalue weighted by Gasteiger charge is -2.18. The highest BCUT2D eigenvalue weighted by Crippen LogP contribution is 2.15. The molecule has 0 heterocycles. The van der Waals surface area contributed by atoms with Gasteiger partial charge >= 0.3 is 17.9 Å². The first-order chi connectivity index (χ1) is 32.0. The zero-order valence-corrected chi connectivity index (χ0v) is 42.2. The highest BCUT2D eigenvalue weighted by atomic mass is 16.6. The van der Waals surface area contributed by atoms with Gasteiger partial charge in [0.15, 0.2) is 6.10 Å². The molecule has 0 aromatic carbocycles. The second-order valence-electron chi connectivity index (χ2n) is 17.4. The summed E-state index contributed by atoms with van der Waals surface area (Å²) in [4.78, 5) is 38.0. The molecule has 0 spiro atoms. The van der Waals surface area contributed by atoms with Gasteiger partial charge in [-0.1, -0.05) is 221 Å². The van der Waals surface area contributed by atoms with Gasteiger partial charge in [0.1, 0.15) is 13.2 Å². The molecule has 0 radical (unpaired) electrons. The Hall–Kier alpha value is -3.67. The zero-order valence-electron chi connectivity index (χ0n) is 42.2. The van der Waals surface area contributed by atoms with Crippen molar-refractivity contribution >= 4 is 17.9 Å². The lowest BCUT2D eigenvalue weighted by atomic mass is 10.0. The molecule has 0 rings (SSSR count). The van der Waals surface area contributed by atoms with E-state index >= 15 is 0 Å². The molecule has 0 unspecified atom stereocenters. The van der Waals surface area contributed by atoms with E-state index < -0.39 is 6.10 Å². The molecule has 0 aliphatic rings. The van der Waals surface area contributed by atoms with Crippen molar-refractivity contribution in [1.82, 2.24) is 0 Å². The number of carbonyl (C=O) groups excluding carboxylic acids is 3. The van der Waals surface area contributed by atoms with Crippen molar-refractivity contribution in [3.63, 3.8) is 0 Å². The first kappa shape index (κ1) is 61.3. The molecular weight excluding hydrogens is 805 g/mol. The lowest BCUT2D eigenvalue weighted by Crippen LogP contribution is -2.30. The number of unbranched alkanes of at least 4 members (excludes halogenated alkanes) is 20. The van der Waals surface area contributed by atoms with E-state index in [9.17, 15) is 14.4 Å². The molecule has 0 bridgehead atoms. The summed E-state index contributed by atoms with van der Waals surface area (Å²) in [6.45, 7) is 6.41. The molecule has 6 heteroatoms. The molecule has 0 aliphatic carbocycles. The molecule has 0 amide bonds. The largest absolute Gasteiger partial charge is 0.462 e. The van der Waals surface area contributed by atoms with Crippen LogP contribution in [0.1, 0.15) is 239 Å². The van der Waals surface area contributed by atoms with Crippen LogP contribution in [0.25, 0.3) is 0 Å². The van der Waals surface area contributed by atoms with Gasteiger partial charge in [-0.05, 0) is 96.3 Å². The maximum atomic E-state index is 12.8. The topological polar surface area (TPSA) is 78.9 Å². The van der Waals surface area contributed by atoms with E-state index in [-0.39, 0.29) is 44.0 Å². The molecule has 1 atom stereocenters. The summed E-state index contributed by atoms with van der Waals surface area (Å²) < 4.78 is 16.7. The minimum atomic E-state index is -0.820. The van der Waals surface area contributed by atoms with Crippen molar-refractivity contribution in [3.8, 4) is 0 Å². The monoisotopic (exact) mass is 903 g/mol. The highest BCUT2D eigenvalue weighted by Gasteiger charge is 2.19. The summed E-state index contributed by atoms with van der Waals surface area (Å²) in [7, 11) is 0. The minimum Gasteiger partial charge on any atom is -0.462 e. The molecule has 0 aromatic heterocycles. The quantitative estimate of drug-likeness (QED) is 0.0262. The summed E-state index contributed by atoms with van der Waals surface area (Å²) in [6.07, 6.45) is 69.7. The Morgan fingerprint density at radius 2 is 0.615 bits per heavy atom. The fourth-order valence-electron chi connectivity index (χ4n) is 7.07. The number of allylic oxidation sites excluding steroid dienone is 16. The fourth-order valence-corrected chi connectivity index (χ4v) is 7.07. The van der Waals surface area contributed by atoms with Crippen LogP contribution in [0.15, 0.2) is 97.2 Å². The number of ether oxygens (including phenoxy) is 3. The maximum Gasteiger partial charge on any atom is 0.306 e. The van der Waals surface area contributed by atoms with Gasteiger partial charge < -0.3 is 14.2 Å². The van der Waals surface area contributed by atoms with Crippen molar-refractivity contribution in [1.29, 1.82) is 0 Å². The summed E-state index contributed by atoms with van der Waals surface area (Å²) >= 11 is 0. The van der Waals surface area contributed by atoms with Gasteiger partial charge in [0.25, 0.3) is 0 Å². The van der Waals surface area contributed by atoms with E-state index in [0.717, 1.165) is 83.5 Å². The normalized spacial score (nSPS) is 12.8. The van der Waals surface area contributed by atoms with Gasteiger partial charge in [-0.15, -0.1) is 0 Å². The van der Waals surface area contributed by atoms with Crippen LogP contribution in [0.4, 0.5) is 0 Å². The van der Waals surface area contributed by atoms with Crippen LogP contribution in [0.2, 0.25) is 0 Å². The van der Waals surface area contributed by atoms with E-state index in [1.54, 1.807) is 0 Å². The first-order valence-corrected chi connectivity index (χ1v) is 26.7. The Balaban J connectivity index is 4.53. The third kappa shape index (κ3) is 51.2. The zero-order chi connectivity index (χ0) is 47.2. The van der Waals surface area contributed by atoms with E-state index in [1.807, 2.05) is 0 Å². The minimum absolute atomic E-state index is 0.110. The Kier molecular flexibility index (Phi) is 50.0. The SMILES string of the molecule is CC/C=C\C/C=C\C/C=C\C/C=C\CCCCC(=O)O[C@H](COC(=O)CCC/C=C\C/C=C\C/C=C\C/C=C\CCCCC)COC(=O)CCCCCCCCCCCCCCCCC. The highest BCUT2D eigenvalue weighted by molar-refractivity contribution is 5.71. The van der Waals surface area contributed by atoms with Crippen molar-refractivity contribution in [2.75, 3.05) is 13.2 Å². The molecule has 0 saturated heterocycles. The molecule has 0 saturated carbocycles. The Morgan fingerprint density at radius 1 is 0.323 bits per heavy atom. The van der Waals surface area contributed by atoms with Crippen LogP contribution in [0.3, 0.4) is 0 Å². The molecule has 0 aliphatic heterocycles. The predicted octanol–water partition coefficient (Wildman–Crippen LogP) is 17.8. The van der Waals surface area contributed by atoms with Crippen LogP contribution in [-0.4, -0.2) is 37.2 Å². The summed E-state index contributed by atoms with van der Waals surface area (Å²) in [5.74, 6) is -1.01. The molecular formula is C59H98O6. The van der Waals surface area contributed by atoms with Crippen molar-refractivity contribution in [2.24, 2.45) is 0 Å². The summed E-state index contributed by atoms with van der Waals surface area (Å²) in [6, 6.07) is 0. The van der Waals surface area contributed by atoms with Crippen LogP contribution in [0.5, 0.6) is 0 Å². The van der Waals surface area contributed by atoms with Crippen LogP contribution >= 0.6 is 0 Å². The van der Waals surface area contributed by atoms with Crippen LogP contribution in [-0.2, 0) is 28.6 Å². The van der Waals surface area contributed by atoms with Gasteiger partial charge in [0.05, 0.1) is 0 Å². The first-order valence-electron chi connectivity index (χ1n) is 26.7. The van der Waals surface area contributed by atoms with E-state index in [2.05, 4.69) is 118 Å². The predicted molar refractivity (Wildman–Crippen MR) is 279 cm³/mol. The Morgan fingerprint density at radius 3 is 1.03 bits per heavy atom. The van der Waals surface area contributed by atoms with E-state index in [1.165, 1.54) is 103 Å². The standard InChI is InChI=1S/C59H98O6/c1-4-7-10-13-16-19-22-25-28-29-32-34-37-40-43-46-49-52-58(61)64-55-56(65-59(62)53-50-47-44-41-38-35-31-27-24-21-18-15-12-9-6-3)54-63-57(60)51-48-45-42-39-36-33-30-26-23-20-17-14-11-8-5-2/h9,12,16,18-19,21,25,27-28,31-32,34,38,40-41,43,56H,4-8,10-11,13-15,17,20,22-24,26,29-30,33,35-37,39,42,44-55H2,1-3H3/b12-9-,19-16-,21-18-,28-25-,31-27-,34-32-,41-38-,43-40-/t56-/m0/s1. The third-order valence-electron chi connectivity index (χ3n) is 11.1. The number of rotatable bonds is 47. The third-order valence-corrected chi connectivity index (χ3v) is 11.1. The number of carbonyl (C=O) groups is 3. The summed E-state index contributed by atoms with van der Waals surface area (Å²) in [5.41, 5.74) is 0. The van der Waals surface area contributed by atoms with E-state index in [0.29, 0.717) is 19.3 Å². The lowest BCUT2D eigenvalue weighted by molar-refractivity contribution is -0.167. The van der Waals surface area contributed by atoms with E-state index in [4.69, 9.17) is 14.2 Å². The Labute approximate surface area is 400 Å². The molecule has 0 fully saturated rings. The van der Waals surface area contributed by atoms with Crippen molar-refractivity contribution in [3.05, 3.63) is 97.2 Å². The molecule has 65 heavy (non-hydrogen) atoms. The molecule has 0 aromatic rings. The number of esters is 3. The van der Waals surface area contributed by atoms with Gasteiger partial charge in [-0.2, -0.15) is 0 Å².